The average Bonchev–Trinajstić information content (AvgIpc) is 2.32. The molecule has 3 nitrogen and oxygen atoms in total. The molecule has 4 heteroatoms. The zero-order valence-corrected chi connectivity index (χ0v) is 10.5. The van der Waals surface area contributed by atoms with E-state index in [1.165, 1.54) is 0 Å². The number of carbonyl (C=O) groups is 1. The maximum atomic E-state index is 11.7. The van der Waals surface area contributed by atoms with Crippen LogP contribution >= 0.6 is 11.6 Å². The van der Waals surface area contributed by atoms with Gasteiger partial charge in [0.05, 0.1) is 6.07 Å². The number of carbonyl (C=O) groups excluding carboxylic acids is 1. The first-order chi connectivity index (χ1) is 8.15. The smallest absolute Gasteiger partial charge is 0.251 e. The van der Waals surface area contributed by atoms with Crippen LogP contribution in [-0.2, 0) is 0 Å². The van der Waals surface area contributed by atoms with Gasteiger partial charge in [0.2, 0.25) is 0 Å². The average molecular weight is 251 g/mol. The molecule has 1 aromatic rings. The van der Waals surface area contributed by atoms with Crippen molar-refractivity contribution in [3.63, 3.8) is 0 Å². The van der Waals surface area contributed by atoms with Gasteiger partial charge in [-0.1, -0.05) is 17.7 Å². The van der Waals surface area contributed by atoms with Crippen molar-refractivity contribution in [2.75, 3.05) is 6.54 Å². The van der Waals surface area contributed by atoms with E-state index < -0.39 is 0 Å². The summed E-state index contributed by atoms with van der Waals surface area (Å²) in [4.78, 5) is 11.7. The predicted molar refractivity (Wildman–Crippen MR) is 68.0 cm³/mol. The Labute approximate surface area is 106 Å². The van der Waals surface area contributed by atoms with Crippen molar-refractivity contribution in [1.82, 2.24) is 5.32 Å². The highest BCUT2D eigenvalue weighted by atomic mass is 35.5. The van der Waals surface area contributed by atoms with E-state index in [0.717, 1.165) is 18.4 Å². The van der Waals surface area contributed by atoms with E-state index >= 15 is 0 Å². The Balaban J connectivity index is 2.42. The number of rotatable bonds is 5. The molecule has 1 rings (SSSR count). The number of benzene rings is 1. The van der Waals surface area contributed by atoms with Crippen LogP contribution in [0.2, 0.25) is 5.02 Å². The van der Waals surface area contributed by atoms with Gasteiger partial charge in [-0.25, -0.2) is 0 Å². The maximum absolute atomic E-state index is 11.7. The Hall–Kier alpha value is -1.53. The number of hydrogen-bond acceptors (Lipinski definition) is 2. The number of nitrogens with one attached hydrogen (secondary N) is 1. The van der Waals surface area contributed by atoms with Crippen LogP contribution < -0.4 is 5.32 Å². The van der Waals surface area contributed by atoms with Crippen molar-refractivity contribution in [2.24, 2.45) is 0 Å². The molecule has 0 saturated heterocycles. The van der Waals surface area contributed by atoms with Crippen molar-refractivity contribution in [2.45, 2.75) is 26.2 Å². The van der Waals surface area contributed by atoms with Crippen LogP contribution in [0.3, 0.4) is 0 Å². The number of nitrogens with zero attached hydrogens (tertiary/aromatic N) is 1. The molecular weight excluding hydrogens is 236 g/mol. The quantitative estimate of drug-likeness (QED) is 0.817. The first-order valence-electron chi connectivity index (χ1n) is 5.56. The summed E-state index contributed by atoms with van der Waals surface area (Å²) >= 11 is 5.94. The molecule has 0 spiro atoms. The fraction of sp³-hybridized carbons (Fsp3) is 0.385. The highest BCUT2D eigenvalue weighted by molar-refractivity contribution is 6.31. The summed E-state index contributed by atoms with van der Waals surface area (Å²) in [7, 11) is 0. The van der Waals surface area contributed by atoms with Gasteiger partial charge in [-0.05, 0) is 37.5 Å². The summed E-state index contributed by atoms with van der Waals surface area (Å²) < 4.78 is 0. The minimum atomic E-state index is -0.121. The minimum absolute atomic E-state index is 0.121. The van der Waals surface area contributed by atoms with Gasteiger partial charge in [-0.2, -0.15) is 5.26 Å². The number of halogens is 1. The number of hydrogen-bond donors (Lipinski definition) is 1. The Morgan fingerprint density at radius 2 is 2.24 bits per heavy atom. The van der Waals surface area contributed by atoms with Crippen molar-refractivity contribution in [1.29, 1.82) is 5.26 Å². The standard InChI is InChI=1S/C13H15ClN2O/c1-10-5-6-11(9-12(10)14)13(17)16-8-4-2-3-7-15/h5-6,9H,2-4,8H2,1H3,(H,16,17). The van der Waals surface area contributed by atoms with Crippen LogP contribution in [0.15, 0.2) is 18.2 Å². The van der Waals surface area contributed by atoms with Gasteiger partial charge >= 0.3 is 0 Å². The van der Waals surface area contributed by atoms with E-state index in [0.29, 0.717) is 23.6 Å². The van der Waals surface area contributed by atoms with Gasteiger partial charge < -0.3 is 5.32 Å². The van der Waals surface area contributed by atoms with E-state index in [4.69, 9.17) is 16.9 Å². The molecule has 0 fully saturated rings. The molecule has 0 unspecified atom stereocenters. The summed E-state index contributed by atoms with van der Waals surface area (Å²) in [5.74, 6) is -0.121. The topological polar surface area (TPSA) is 52.9 Å². The van der Waals surface area contributed by atoms with E-state index in [1.807, 2.05) is 13.0 Å². The highest BCUT2D eigenvalue weighted by Crippen LogP contribution is 2.16. The first-order valence-corrected chi connectivity index (χ1v) is 5.94. The molecule has 0 saturated carbocycles. The van der Waals surface area contributed by atoms with Gasteiger partial charge in [0.25, 0.3) is 5.91 Å². The third-order valence-electron chi connectivity index (χ3n) is 2.43. The lowest BCUT2D eigenvalue weighted by Gasteiger charge is -2.05. The molecule has 0 bridgehead atoms. The SMILES string of the molecule is Cc1ccc(C(=O)NCCCCC#N)cc1Cl. The fourth-order valence-electron chi connectivity index (χ4n) is 1.37. The molecule has 0 heterocycles. The Morgan fingerprint density at radius 1 is 1.47 bits per heavy atom. The number of aryl methyl sites for hydroxylation is 1. The summed E-state index contributed by atoms with van der Waals surface area (Å²) in [6.07, 6.45) is 2.16. The third kappa shape index (κ3) is 4.46. The molecule has 0 aliphatic rings. The second kappa shape index (κ2) is 6.93. The summed E-state index contributed by atoms with van der Waals surface area (Å²) in [5, 5.41) is 11.8. The van der Waals surface area contributed by atoms with Crippen LogP contribution in [0.1, 0.15) is 35.2 Å². The van der Waals surface area contributed by atoms with Gasteiger partial charge in [0.1, 0.15) is 0 Å². The molecular formula is C13H15ClN2O. The van der Waals surface area contributed by atoms with Gasteiger partial charge in [-0.15, -0.1) is 0 Å². The van der Waals surface area contributed by atoms with Crippen molar-refractivity contribution < 1.29 is 4.79 Å². The molecule has 0 aromatic heterocycles. The predicted octanol–water partition coefficient (Wildman–Crippen LogP) is 3.07. The van der Waals surface area contributed by atoms with E-state index in [9.17, 15) is 4.79 Å². The summed E-state index contributed by atoms with van der Waals surface area (Å²) in [6, 6.07) is 7.32. The van der Waals surface area contributed by atoms with Gasteiger partial charge in [-0.3, -0.25) is 4.79 Å². The Bertz CT molecular complexity index is 438. The molecule has 0 radical (unpaired) electrons. The molecule has 17 heavy (non-hydrogen) atoms. The highest BCUT2D eigenvalue weighted by Gasteiger charge is 2.06. The van der Waals surface area contributed by atoms with Crippen LogP contribution in [0.5, 0.6) is 0 Å². The second-order valence-electron chi connectivity index (χ2n) is 3.84. The second-order valence-corrected chi connectivity index (χ2v) is 4.24. The van der Waals surface area contributed by atoms with Crippen molar-refractivity contribution >= 4 is 17.5 Å². The molecule has 0 aliphatic heterocycles. The van der Waals surface area contributed by atoms with E-state index in [-0.39, 0.29) is 5.91 Å². The first kappa shape index (κ1) is 13.5. The Kier molecular flexibility index (Phi) is 5.51. The maximum Gasteiger partial charge on any atom is 0.251 e. The van der Waals surface area contributed by atoms with E-state index in [1.54, 1.807) is 12.1 Å². The van der Waals surface area contributed by atoms with Crippen molar-refractivity contribution in [3.05, 3.63) is 34.3 Å². The lowest BCUT2D eigenvalue weighted by atomic mass is 10.1. The molecule has 0 atom stereocenters. The van der Waals surface area contributed by atoms with Gasteiger partial charge in [0.15, 0.2) is 0 Å². The molecule has 1 amide bonds. The monoisotopic (exact) mass is 250 g/mol. The lowest BCUT2D eigenvalue weighted by Crippen LogP contribution is -2.24. The largest absolute Gasteiger partial charge is 0.352 e. The van der Waals surface area contributed by atoms with Crippen LogP contribution in [0.25, 0.3) is 0 Å². The van der Waals surface area contributed by atoms with Crippen molar-refractivity contribution in [3.8, 4) is 6.07 Å². The zero-order chi connectivity index (χ0) is 12.7. The normalized spacial score (nSPS) is 9.71. The molecule has 0 aliphatic carbocycles. The number of unbranched alkanes of at least 4 members (excludes halogenated alkanes) is 2. The zero-order valence-electron chi connectivity index (χ0n) is 9.79. The van der Waals surface area contributed by atoms with Crippen LogP contribution in [0, 0.1) is 18.3 Å². The molecule has 1 aromatic carbocycles. The number of nitriles is 1. The van der Waals surface area contributed by atoms with Crippen LogP contribution in [0.4, 0.5) is 0 Å². The summed E-state index contributed by atoms with van der Waals surface area (Å²) in [6.45, 7) is 2.48. The minimum Gasteiger partial charge on any atom is -0.352 e. The Morgan fingerprint density at radius 3 is 2.88 bits per heavy atom. The summed E-state index contributed by atoms with van der Waals surface area (Å²) in [5.41, 5.74) is 1.53. The lowest BCUT2D eigenvalue weighted by molar-refractivity contribution is 0.0953. The van der Waals surface area contributed by atoms with E-state index in [2.05, 4.69) is 11.4 Å². The van der Waals surface area contributed by atoms with Crippen LogP contribution in [-0.4, -0.2) is 12.5 Å². The third-order valence-corrected chi connectivity index (χ3v) is 2.84. The van der Waals surface area contributed by atoms with Gasteiger partial charge in [0, 0.05) is 23.6 Å². The fourth-order valence-corrected chi connectivity index (χ4v) is 1.55. The molecule has 1 N–H and O–H groups in total. The number of amides is 1. The molecule has 90 valence electrons.